The summed E-state index contributed by atoms with van der Waals surface area (Å²) in [5.41, 5.74) is 0. The van der Waals surface area contributed by atoms with Gasteiger partial charge in [-0.2, -0.15) is 0 Å². The maximum absolute atomic E-state index is 9.00. The van der Waals surface area contributed by atoms with Gasteiger partial charge in [0.05, 0.1) is 5.09 Å². The molecule has 0 aromatic rings. The number of halogens is 1. The number of aliphatic carboxylic acids is 1. The Morgan fingerprint density at radius 2 is 1.56 bits per heavy atom. The Morgan fingerprint density at radius 1 is 1.56 bits per heavy atom. The zero-order chi connectivity index (χ0) is 7.15. The summed E-state index contributed by atoms with van der Waals surface area (Å²) >= 11 is 0. The van der Waals surface area contributed by atoms with Crippen molar-refractivity contribution in [1.82, 2.24) is 0 Å². The standard InChI is InChI=1S/C2H4O2.ClH.NO3/c1-2(3)4;;2-1(3)4/h1H3,(H,3,4);1H;/q;;-1. The molecule has 0 amide bonds. The van der Waals surface area contributed by atoms with E-state index in [-0.39, 0.29) is 12.4 Å². The van der Waals surface area contributed by atoms with Crippen LogP contribution in [0.15, 0.2) is 0 Å². The van der Waals surface area contributed by atoms with Crippen molar-refractivity contribution in [1.29, 1.82) is 0 Å². The Morgan fingerprint density at radius 3 is 1.56 bits per heavy atom. The summed E-state index contributed by atoms with van der Waals surface area (Å²) in [4.78, 5) is 17.2. The van der Waals surface area contributed by atoms with E-state index in [2.05, 4.69) is 0 Å². The van der Waals surface area contributed by atoms with Crippen LogP contribution in [0.3, 0.4) is 0 Å². The third kappa shape index (κ3) is 158. The molecule has 0 bridgehead atoms. The van der Waals surface area contributed by atoms with E-state index < -0.39 is 11.1 Å². The lowest BCUT2D eigenvalue weighted by molar-refractivity contribution is -0.402. The second kappa shape index (κ2) is 10.0. The van der Waals surface area contributed by atoms with Gasteiger partial charge >= 0.3 is 0 Å². The van der Waals surface area contributed by atoms with Crippen molar-refractivity contribution in [3.63, 3.8) is 0 Å². The van der Waals surface area contributed by atoms with E-state index in [1.165, 1.54) is 0 Å². The van der Waals surface area contributed by atoms with Crippen molar-refractivity contribution in [3.05, 3.63) is 15.3 Å². The topological polar surface area (TPSA) is 104 Å². The normalized spacial score (nSPS) is 5.44. The first kappa shape index (κ1) is 15.7. The van der Waals surface area contributed by atoms with Crippen molar-refractivity contribution < 1.29 is 15.0 Å². The maximum atomic E-state index is 9.00. The van der Waals surface area contributed by atoms with Crippen LogP contribution in [0.2, 0.25) is 0 Å². The zero-order valence-electron chi connectivity index (χ0n) is 4.44. The molecule has 0 atom stereocenters. The first-order valence-corrected chi connectivity index (χ1v) is 1.48. The minimum absolute atomic E-state index is 0. The van der Waals surface area contributed by atoms with Crippen LogP contribution in [-0.4, -0.2) is 16.2 Å². The molecule has 56 valence electrons. The van der Waals surface area contributed by atoms with Gasteiger partial charge in [-0.1, -0.05) is 0 Å². The summed E-state index contributed by atoms with van der Waals surface area (Å²) in [6.45, 7) is 1.08. The molecule has 0 aliphatic heterocycles. The van der Waals surface area contributed by atoms with Crippen LogP contribution < -0.4 is 0 Å². The molecule has 0 spiro atoms. The lowest BCUT2D eigenvalue weighted by Gasteiger charge is -1.74. The third-order valence-corrected chi connectivity index (χ3v) is 0. The third-order valence-electron chi connectivity index (χ3n) is 0. The van der Waals surface area contributed by atoms with Crippen LogP contribution in [-0.2, 0) is 4.79 Å². The molecule has 0 radical (unpaired) electrons. The number of rotatable bonds is 0. The van der Waals surface area contributed by atoms with Gasteiger partial charge < -0.3 is 20.4 Å². The fourth-order valence-electron chi connectivity index (χ4n) is 0. The van der Waals surface area contributed by atoms with Crippen LogP contribution in [0.5, 0.6) is 0 Å². The molecule has 0 aliphatic rings. The van der Waals surface area contributed by atoms with Gasteiger partial charge in [0.25, 0.3) is 5.97 Å². The highest BCUT2D eigenvalue weighted by molar-refractivity contribution is 5.85. The quantitative estimate of drug-likeness (QED) is 0.403. The van der Waals surface area contributed by atoms with Crippen LogP contribution in [0.4, 0.5) is 0 Å². The molecule has 0 aliphatic carbocycles. The summed E-state index contributed by atoms with van der Waals surface area (Å²) in [5.74, 6) is -0.833. The van der Waals surface area contributed by atoms with E-state index in [0.717, 1.165) is 6.92 Å². The fraction of sp³-hybridized carbons (Fsp3) is 0.500. The summed E-state index contributed by atoms with van der Waals surface area (Å²) < 4.78 is 0. The molecular formula is C2H5ClNO5-. The number of nitrogens with zero attached hydrogens (tertiary/aromatic N) is 1. The van der Waals surface area contributed by atoms with Crippen molar-refractivity contribution in [2.45, 2.75) is 6.92 Å². The lowest BCUT2D eigenvalue weighted by atomic mass is 10.9. The number of carbonyl (C=O) groups is 1. The van der Waals surface area contributed by atoms with E-state index in [1.807, 2.05) is 0 Å². The Hall–Kier alpha value is -1.04. The van der Waals surface area contributed by atoms with Crippen LogP contribution in [0.1, 0.15) is 6.92 Å². The van der Waals surface area contributed by atoms with Crippen molar-refractivity contribution in [2.24, 2.45) is 0 Å². The zero-order valence-corrected chi connectivity index (χ0v) is 5.25. The predicted molar refractivity (Wildman–Crippen MR) is 30.9 cm³/mol. The molecule has 0 heterocycles. The summed E-state index contributed by atoms with van der Waals surface area (Å²) in [6, 6.07) is 0. The van der Waals surface area contributed by atoms with Crippen molar-refractivity contribution in [2.75, 3.05) is 0 Å². The minimum atomic E-state index is -1.75. The monoisotopic (exact) mass is 158 g/mol. The van der Waals surface area contributed by atoms with Gasteiger partial charge in [-0.25, -0.2) is 0 Å². The highest BCUT2D eigenvalue weighted by atomic mass is 35.5. The first-order valence-electron chi connectivity index (χ1n) is 1.48. The largest absolute Gasteiger partial charge is 0.481 e. The van der Waals surface area contributed by atoms with Gasteiger partial charge in [-0.05, 0) is 0 Å². The fourth-order valence-corrected chi connectivity index (χ4v) is 0. The van der Waals surface area contributed by atoms with Gasteiger partial charge in [0.15, 0.2) is 0 Å². The van der Waals surface area contributed by atoms with Gasteiger partial charge in [0.1, 0.15) is 0 Å². The van der Waals surface area contributed by atoms with Crippen molar-refractivity contribution >= 4 is 18.4 Å². The number of hydrogen-bond acceptors (Lipinski definition) is 4. The summed E-state index contributed by atoms with van der Waals surface area (Å²) in [5, 5.41) is 22.2. The SMILES string of the molecule is CC(=O)O.Cl.O=[N+]([O-])[O-]. The van der Waals surface area contributed by atoms with E-state index >= 15 is 0 Å². The molecule has 6 nitrogen and oxygen atoms in total. The maximum Gasteiger partial charge on any atom is 0.300 e. The molecular weight excluding hydrogens is 153 g/mol. The average molecular weight is 159 g/mol. The van der Waals surface area contributed by atoms with Gasteiger partial charge in [-0.15, -0.1) is 12.4 Å². The molecule has 0 saturated heterocycles. The highest BCUT2D eigenvalue weighted by Gasteiger charge is 1.65. The second-order valence-corrected chi connectivity index (χ2v) is 0.743. The number of carboxylic acid groups (broad SMARTS) is 1. The minimum Gasteiger partial charge on any atom is -0.481 e. The predicted octanol–water partition coefficient (Wildman–Crippen LogP) is 0.274. The summed E-state index contributed by atoms with van der Waals surface area (Å²) in [7, 11) is 0. The average Bonchev–Trinajstić information content (AvgIpc) is 1.25. The van der Waals surface area contributed by atoms with Crippen LogP contribution in [0.25, 0.3) is 0 Å². The smallest absolute Gasteiger partial charge is 0.300 e. The Kier molecular flexibility index (Phi) is 17.5. The number of carboxylic acids is 1. The van der Waals surface area contributed by atoms with E-state index in [1.54, 1.807) is 0 Å². The molecule has 7 heteroatoms. The molecule has 0 aromatic heterocycles. The van der Waals surface area contributed by atoms with E-state index in [9.17, 15) is 0 Å². The Balaban J connectivity index is -0.0000000720. The highest BCUT2D eigenvalue weighted by Crippen LogP contribution is 1.44. The van der Waals surface area contributed by atoms with Gasteiger partial charge in [0.2, 0.25) is 0 Å². The van der Waals surface area contributed by atoms with Crippen LogP contribution in [0, 0.1) is 15.3 Å². The van der Waals surface area contributed by atoms with E-state index in [4.69, 9.17) is 25.2 Å². The molecule has 1 N–H and O–H groups in total. The first-order chi connectivity index (χ1) is 3.46. The van der Waals surface area contributed by atoms with E-state index in [0.29, 0.717) is 0 Å². The molecule has 0 saturated carbocycles. The lowest BCUT2D eigenvalue weighted by Crippen LogP contribution is -1.78. The molecule has 0 aromatic carbocycles. The Labute approximate surface area is 56.6 Å². The molecule has 0 rings (SSSR count). The molecule has 0 unspecified atom stereocenters. The Bertz CT molecular complexity index is 73.0. The molecule has 0 fully saturated rings. The van der Waals surface area contributed by atoms with Gasteiger partial charge in [0, 0.05) is 6.92 Å². The van der Waals surface area contributed by atoms with Crippen LogP contribution >= 0.6 is 12.4 Å². The molecule has 9 heavy (non-hydrogen) atoms. The number of hydrogen-bond donors (Lipinski definition) is 1. The summed E-state index contributed by atoms with van der Waals surface area (Å²) in [6.07, 6.45) is 0. The van der Waals surface area contributed by atoms with Gasteiger partial charge in [-0.3, -0.25) is 4.79 Å². The van der Waals surface area contributed by atoms with Crippen molar-refractivity contribution in [3.8, 4) is 0 Å². The second-order valence-electron chi connectivity index (χ2n) is 0.743.